The lowest BCUT2D eigenvalue weighted by molar-refractivity contribution is 0.101. The van der Waals surface area contributed by atoms with Gasteiger partial charge in [0.1, 0.15) is 5.82 Å². The standard InChI is InChI=1S/C20H21ClFN3OS/c1-14(26)15-3-6-18(7-4-15)23-20(27)25-10-8-24(9-11-25)13-16-2-5-17(22)12-19(16)21/h2-7,12H,8-11,13H2,1H3,(H,23,27). The normalized spacial score (nSPS) is 14.9. The van der Waals surface area contributed by atoms with E-state index < -0.39 is 0 Å². The van der Waals surface area contributed by atoms with Gasteiger partial charge in [-0.1, -0.05) is 17.7 Å². The fraction of sp³-hybridized carbons (Fsp3) is 0.300. The predicted octanol–water partition coefficient (Wildman–Crippen LogP) is 4.20. The summed E-state index contributed by atoms with van der Waals surface area (Å²) >= 11 is 11.6. The molecule has 1 aliphatic heterocycles. The minimum Gasteiger partial charge on any atom is -0.346 e. The van der Waals surface area contributed by atoms with E-state index in [1.807, 2.05) is 12.1 Å². The molecule has 0 atom stereocenters. The summed E-state index contributed by atoms with van der Waals surface area (Å²) in [6, 6.07) is 11.8. The molecule has 0 spiro atoms. The van der Waals surface area contributed by atoms with Crippen LogP contribution in [0.15, 0.2) is 42.5 Å². The smallest absolute Gasteiger partial charge is 0.173 e. The maximum atomic E-state index is 13.2. The zero-order valence-electron chi connectivity index (χ0n) is 15.0. The van der Waals surface area contributed by atoms with E-state index in [1.54, 1.807) is 25.1 Å². The molecule has 1 saturated heterocycles. The summed E-state index contributed by atoms with van der Waals surface area (Å²) < 4.78 is 13.2. The van der Waals surface area contributed by atoms with Gasteiger partial charge in [0.2, 0.25) is 0 Å². The van der Waals surface area contributed by atoms with Crippen molar-refractivity contribution < 1.29 is 9.18 Å². The lowest BCUT2D eigenvalue weighted by Crippen LogP contribution is -2.49. The van der Waals surface area contributed by atoms with Crippen LogP contribution in [0, 0.1) is 5.82 Å². The maximum Gasteiger partial charge on any atom is 0.173 e. The highest BCUT2D eigenvalue weighted by atomic mass is 35.5. The van der Waals surface area contributed by atoms with Gasteiger partial charge in [0, 0.05) is 49.0 Å². The number of thiocarbonyl (C=S) groups is 1. The number of Topliss-reactive ketones (excluding diaryl/α,β-unsaturated/α-hetero) is 1. The number of halogens is 2. The van der Waals surface area contributed by atoms with Crippen molar-refractivity contribution in [3.63, 3.8) is 0 Å². The zero-order chi connectivity index (χ0) is 19.4. The zero-order valence-corrected chi connectivity index (χ0v) is 16.6. The number of carbonyl (C=O) groups excluding carboxylic acids is 1. The van der Waals surface area contributed by atoms with Gasteiger partial charge in [-0.15, -0.1) is 0 Å². The van der Waals surface area contributed by atoms with E-state index in [0.717, 1.165) is 37.4 Å². The first kappa shape index (κ1) is 19.7. The van der Waals surface area contributed by atoms with Gasteiger partial charge in [-0.2, -0.15) is 0 Å². The molecule has 1 heterocycles. The third-order valence-electron chi connectivity index (χ3n) is 4.61. The number of nitrogens with one attached hydrogen (secondary N) is 1. The molecule has 0 saturated carbocycles. The van der Waals surface area contributed by atoms with Crippen LogP contribution in [0.1, 0.15) is 22.8 Å². The fourth-order valence-corrected chi connectivity index (χ4v) is 3.52. The van der Waals surface area contributed by atoms with Crippen LogP contribution < -0.4 is 5.32 Å². The van der Waals surface area contributed by atoms with Crippen LogP contribution in [0.5, 0.6) is 0 Å². The van der Waals surface area contributed by atoms with E-state index in [0.29, 0.717) is 22.2 Å². The average molecular weight is 406 g/mol. The Morgan fingerprint density at radius 1 is 1.15 bits per heavy atom. The summed E-state index contributed by atoms with van der Waals surface area (Å²) in [4.78, 5) is 15.7. The number of hydrogen-bond acceptors (Lipinski definition) is 3. The summed E-state index contributed by atoms with van der Waals surface area (Å²) in [7, 11) is 0. The number of anilines is 1. The monoisotopic (exact) mass is 405 g/mol. The van der Waals surface area contributed by atoms with Crippen LogP contribution in [0.4, 0.5) is 10.1 Å². The van der Waals surface area contributed by atoms with Crippen molar-refractivity contribution in [2.24, 2.45) is 0 Å². The van der Waals surface area contributed by atoms with E-state index in [1.165, 1.54) is 12.1 Å². The third kappa shape index (κ3) is 5.25. The van der Waals surface area contributed by atoms with Crippen LogP contribution in [0.25, 0.3) is 0 Å². The molecule has 4 nitrogen and oxygen atoms in total. The molecule has 1 aliphatic rings. The molecule has 2 aromatic rings. The quantitative estimate of drug-likeness (QED) is 0.609. The summed E-state index contributed by atoms with van der Waals surface area (Å²) in [5, 5.41) is 4.36. The van der Waals surface area contributed by atoms with Crippen LogP contribution in [0.3, 0.4) is 0 Å². The van der Waals surface area contributed by atoms with Crippen LogP contribution in [0.2, 0.25) is 5.02 Å². The Bertz CT molecular complexity index is 836. The Kier molecular flexibility index (Phi) is 6.42. The summed E-state index contributed by atoms with van der Waals surface area (Å²) in [6.07, 6.45) is 0. The highest BCUT2D eigenvalue weighted by Crippen LogP contribution is 2.20. The second-order valence-electron chi connectivity index (χ2n) is 6.56. The first-order chi connectivity index (χ1) is 12.9. The van der Waals surface area contributed by atoms with Gasteiger partial charge in [0.05, 0.1) is 0 Å². The molecule has 0 aliphatic carbocycles. The largest absolute Gasteiger partial charge is 0.346 e. The first-order valence-electron chi connectivity index (χ1n) is 8.75. The molecule has 1 fully saturated rings. The molecule has 7 heteroatoms. The maximum absolute atomic E-state index is 13.2. The topological polar surface area (TPSA) is 35.6 Å². The van der Waals surface area contributed by atoms with Crippen LogP contribution >= 0.6 is 23.8 Å². The molecule has 2 aromatic carbocycles. The number of hydrogen-bond donors (Lipinski definition) is 1. The molecule has 0 aromatic heterocycles. The van der Waals surface area contributed by atoms with E-state index in [4.69, 9.17) is 23.8 Å². The molecule has 27 heavy (non-hydrogen) atoms. The van der Waals surface area contributed by atoms with Crippen molar-refractivity contribution in [3.8, 4) is 0 Å². The second-order valence-corrected chi connectivity index (χ2v) is 7.36. The van der Waals surface area contributed by atoms with Gasteiger partial charge in [-0.05, 0) is 61.1 Å². The lowest BCUT2D eigenvalue weighted by Gasteiger charge is -2.36. The molecule has 0 unspecified atom stereocenters. The van der Waals surface area contributed by atoms with E-state index in [2.05, 4.69) is 15.1 Å². The molecule has 142 valence electrons. The fourth-order valence-electron chi connectivity index (χ4n) is 2.99. The summed E-state index contributed by atoms with van der Waals surface area (Å²) in [5.74, 6) is -0.275. The number of benzene rings is 2. The first-order valence-corrected chi connectivity index (χ1v) is 9.54. The Morgan fingerprint density at radius 2 is 1.81 bits per heavy atom. The molecular formula is C20H21ClFN3OS. The van der Waals surface area contributed by atoms with Crippen molar-refractivity contribution in [1.29, 1.82) is 0 Å². The number of carbonyl (C=O) groups is 1. The third-order valence-corrected chi connectivity index (χ3v) is 5.32. The minimum absolute atomic E-state index is 0.0431. The van der Waals surface area contributed by atoms with Crippen molar-refractivity contribution in [2.45, 2.75) is 13.5 Å². The van der Waals surface area contributed by atoms with Crippen molar-refractivity contribution in [2.75, 3.05) is 31.5 Å². The van der Waals surface area contributed by atoms with Gasteiger partial charge < -0.3 is 10.2 Å². The van der Waals surface area contributed by atoms with Crippen LogP contribution in [-0.4, -0.2) is 46.9 Å². The van der Waals surface area contributed by atoms with Gasteiger partial charge in [-0.3, -0.25) is 9.69 Å². The number of nitrogens with zero attached hydrogens (tertiary/aromatic N) is 2. The van der Waals surface area contributed by atoms with Gasteiger partial charge >= 0.3 is 0 Å². The number of rotatable bonds is 4. The minimum atomic E-state index is -0.318. The molecule has 0 bridgehead atoms. The molecule has 1 N–H and O–H groups in total. The highest BCUT2D eigenvalue weighted by Gasteiger charge is 2.20. The van der Waals surface area contributed by atoms with Crippen molar-refractivity contribution >= 4 is 40.4 Å². The van der Waals surface area contributed by atoms with Crippen molar-refractivity contribution in [3.05, 3.63) is 64.4 Å². The Hall–Kier alpha value is -2.02. The lowest BCUT2D eigenvalue weighted by atomic mass is 10.1. The van der Waals surface area contributed by atoms with Gasteiger partial charge in [0.15, 0.2) is 10.9 Å². The Balaban J connectivity index is 1.50. The average Bonchev–Trinajstić information content (AvgIpc) is 2.65. The highest BCUT2D eigenvalue weighted by molar-refractivity contribution is 7.80. The van der Waals surface area contributed by atoms with Gasteiger partial charge in [-0.25, -0.2) is 4.39 Å². The molecule has 0 radical (unpaired) electrons. The number of ketones is 1. The Labute approximate surface area is 168 Å². The summed E-state index contributed by atoms with van der Waals surface area (Å²) in [6.45, 7) is 5.54. The SMILES string of the molecule is CC(=O)c1ccc(NC(=S)N2CCN(Cc3ccc(F)cc3Cl)CC2)cc1. The predicted molar refractivity (Wildman–Crippen MR) is 111 cm³/mol. The van der Waals surface area contributed by atoms with Crippen LogP contribution in [-0.2, 0) is 6.54 Å². The summed E-state index contributed by atoms with van der Waals surface area (Å²) in [5.41, 5.74) is 2.47. The molecule has 3 rings (SSSR count). The number of piperazine rings is 1. The van der Waals surface area contributed by atoms with Crippen molar-refractivity contribution in [1.82, 2.24) is 9.80 Å². The van der Waals surface area contributed by atoms with E-state index in [9.17, 15) is 9.18 Å². The molecule has 0 amide bonds. The van der Waals surface area contributed by atoms with E-state index in [-0.39, 0.29) is 11.6 Å². The second kappa shape index (κ2) is 8.78. The van der Waals surface area contributed by atoms with Gasteiger partial charge in [0.25, 0.3) is 0 Å². The molecular weight excluding hydrogens is 385 g/mol. The Morgan fingerprint density at radius 3 is 2.41 bits per heavy atom. The van der Waals surface area contributed by atoms with E-state index >= 15 is 0 Å².